The van der Waals surface area contributed by atoms with Gasteiger partial charge < -0.3 is 14.8 Å². The van der Waals surface area contributed by atoms with E-state index in [1.54, 1.807) is 20.1 Å². The van der Waals surface area contributed by atoms with Gasteiger partial charge >= 0.3 is 0 Å². The van der Waals surface area contributed by atoms with Crippen molar-refractivity contribution in [1.29, 1.82) is 0 Å². The van der Waals surface area contributed by atoms with Crippen molar-refractivity contribution in [1.82, 2.24) is 15.1 Å². The van der Waals surface area contributed by atoms with Gasteiger partial charge in [0.25, 0.3) is 11.5 Å². The predicted octanol–water partition coefficient (Wildman–Crippen LogP) is 3.07. The van der Waals surface area contributed by atoms with Crippen molar-refractivity contribution >= 4 is 5.91 Å². The number of nitrogens with zero attached hydrogens (tertiary/aromatic N) is 2. The first-order chi connectivity index (χ1) is 15.0. The second-order valence-electron chi connectivity index (χ2n) is 7.06. The third kappa shape index (κ3) is 5.94. The number of nitrogens with one attached hydrogen (secondary N) is 1. The van der Waals surface area contributed by atoms with Gasteiger partial charge in [-0.3, -0.25) is 9.59 Å². The highest BCUT2D eigenvalue weighted by atomic mass is 16.5. The molecule has 1 atom stereocenters. The van der Waals surface area contributed by atoms with E-state index in [-0.39, 0.29) is 24.6 Å². The minimum absolute atomic E-state index is 0.230. The molecule has 2 aromatic carbocycles. The Balaban J connectivity index is 1.56. The van der Waals surface area contributed by atoms with Crippen LogP contribution in [0.5, 0.6) is 11.5 Å². The molecule has 0 bridgehead atoms. The predicted molar refractivity (Wildman–Crippen MR) is 119 cm³/mol. The molecule has 0 aliphatic heterocycles. The van der Waals surface area contributed by atoms with Crippen LogP contribution in [0.1, 0.15) is 19.4 Å². The molecule has 1 unspecified atom stereocenters. The maximum absolute atomic E-state index is 12.3. The van der Waals surface area contributed by atoms with Crippen LogP contribution < -0.4 is 20.3 Å². The Bertz CT molecular complexity index is 1060. The summed E-state index contributed by atoms with van der Waals surface area (Å²) in [6, 6.07) is 18.3. The molecular weight excluding hydrogens is 394 g/mol. The van der Waals surface area contributed by atoms with Crippen LogP contribution in [0, 0.1) is 0 Å². The molecule has 0 fully saturated rings. The summed E-state index contributed by atoms with van der Waals surface area (Å²) in [6.07, 6.45) is 0.298. The summed E-state index contributed by atoms with van der Waals surface area (Å²) in [6.45, 7) is 4.29. The van der Waals surface area contributed by atoms with Crippen molar-refractivity contribution in [3.63, 3.8) is 0 Å². The van der Waals surface area contributed by atoms with Gasteiger partial charge in [-0.05, 0) is 61.4 Å². The molecule has 7 heteroatoms. The Morgan fingerprint density at radius 3 is 2.35 bits per heavy atom. The molecule has 1 N–H and O–H groups in total. The second kappa shape index (κ2) is 10.4. The lowest BCUT2D eigenvalue weighted by molar-refractivity contribution is -0.127. The van der Waals surface area contributed by atoms with Crippen molar-refractivity contribution < 1.29 is 14.3 Å². The zero-order valence-corrected chi connectivity index (χ0v) is 18.0. The van der Waals surface area contributed by atoms with E-state index in [2.05, 4.69) is 17.3 Å². The highest BCUT2D eigenvalue weighted by Crippen LogP contribution is 2.19. The van der Waals surface area contributed by atoms with Gasteiger partial charge in [-0.2, -0.15) is 5.10 Å². The van der Waals surface area contributed by atoms with Crippen LogP contribution in [-0.4, -0.2) is 35.4 Å². The molecule has 1 heterocycles. The number of hydrogen-bond donors (Lipinski definition) is 1. The minimum atomic E-state index is -0.650. The van der Waals surface area contributed by atoms with E-state index in [9.17, 15) is 9.59 Å². The number of aromatic nitrogens is 2. The number of methoxy groups -OCH3 is 1. The highest BCUT2D eigenvalue weighted by molar-refractivity contribution is 5.80. The summed E-state index contributed by atoms with van der Waals surface area (Å²) in [5.74, 6) is 1.14. The fraction of sp³-hybridized carbons (Fsp3) is 0.292. The fourth-order valence-corrected chi connectivity index (χ4v) is 3.01. The molecule has 162 valence electrons. The van der Waals surface area contributed by atoms with E-state index in [1.807, 2.05) is 48.5 Å². The molecule has 31 heavy (non-hydrogen) atoms. The molecule has 1 aromatic heterocycles. The second-order valence-corrected chi connectivity index (χ2v) is 7.06. The molecule has 0 saturated heterocycles. The van der Waals surface area contributed by atoms with Crippen LogP contribution in [0.2, 0.25) is 0 Å². The standard InChI is InChI=1S/C24H27N3O4/c1-4-18-5-9-21(10-6-18)31-17(2)24(29)25-15-16-27-23(28)14-13-22(26-27)19-7-11-20(30-3)12-8-19/h5-14,17H,4,15-16H2,1-3H3,(H,25,29). The third-order valence-corrected chi connectivity index (χ3v) is 4.89. The van der Waals surface area contributed by atoms with Crippen molar-refractivity contribution in [3.8, 4) is 22.8 Å². The zero-order valence-electron chi connectivity index (χ0n) is 18.0. The van der Waals surface area contributed by atoms with Crippen molar-refractivity contribution in [3.05, 3.63) is 76.6 Å². The number of hydrogen-bond acceptors (Lipinski definition) is 5. The van der Waals surface area contributed by atoms with Gasteiger partial charge in [0.2, 0.25) is 0 Å². The van der Waals surface area contributed by atoms with E-state index < -0.39 is 6.10 Å². The number of rotatable bonds is 9. The number of ether oxygens (including phenoxy) is 2. The lowest BCUT2D eigenvalue weighted by Gasteiger charge is -2.15. The number of benzene rings is 2. The number of carbonyl (C=O) groups is 1. The third-order valence-electron chi connectivity index (χ3n) is 4.89. The minimum Gasteiger partial charge on any atom is -0.497 e. The molecule has 0 aliphatic carbocycles. The first kappa shape index (κ1) is 22.1. The monoisotopic (exact) mass is 421 g/mol. The van der Waals surface area contributed by atoms with E-state index in [0.29, 0.717) is 11.4 Å². The average molecular weight is 421 g/mol. The lowest BCUT2D eigenvalue weighted by Crippen LogP contribution is -2.39. The van der Waals surface area contributed by atoms with E-state index in [4.69, 9.17) is 9.47 Å². The Morgan fingerprint density at radius 2 is 1.71 bits per heavy atom. The Kier molecular flexibility index (Phi) is 7.43. The SMILES string of the molecule is CCc1ccc(OC(C)C(=O)NCCn2nc(-c3ccc(OC)cc3)ccc2=O)cc1. The van der Waals surface area contributed by atoms with Crippen molar-refractivity contribution in [2.45, 2.75) is 32.9 Å². The lowest BCUT2D eigenvalue weighted by atomic mass is 10.1. The average Bonchev–Trinajstić information content (AvgIpc) is 2.80. The summed E-state index contributed by atoms with van der Waals surface area (Å²) in [4.78, 5) is 24.5. The maximum atomic E-state index is 12.3. The van der Waals surface area contributed by atoms with Gasteiger partial charge in [0.05, 0.1) is 19.3 Å². The first-order valence-corrected chi connectivity index (χ1v) is 10.3. The summed E-state index contributed by atoms with van der Waals surface area (Å²) in [5.41, 5.74) is 2.52. The Morgan fingerprint density at radius 1 is 1.03 bits per heavy atom. The number of amides is 1. The van der Waals surface area contributed by atoms with Crippen LogP contribution in [0.3, 0.4) is 0 Å². The molecule has 1 amide bonds. The van der Waals surface area contributed by atoms with Crippen molar-refractivity contribution in [2.75, 3.05) is 13.7 Å². The maximum Gasteiger partial charge on any atom is 0.266 e. The molecule has 3 rings (SSSR count). The van der Waals surface area contributed by atoms with E-state index in [1.165, 1.54) is 16.3 Å². The quantitative estimate of drug-likeness (QED) is 0.574. The van der Waals surface area contributed by atoms with Crippen molar-refractivity contribution in [2.24, 2.45) is 0 Å². The van der Waals surface area contributed by atoms with Crippen LogP contribution in [0.15, 0.2) is 65.5 Å². The normalized spacial score (nSPS) is 11.6. The zero-order chi connectivity index (χ0) is 22.2. The van der Waals surface area contributed by atoms with Gasteiger partial charge in [-0.15, -0.1) is 0 Å². The molecular formula is C24H27N3O4. The molecule has 0 radical (unpaired) electrons. The summed E-state index contributed by atoms with van der Waals surface area (Å²) in [5, 5.41) is 7.20. The summed E-state index contributed by atoms with van der Waals surface area (Å²) in [7, 11) is 1.61. The highest BCUT2D eigenvalue weighted by Gasteiger charge is 2.14. The largest absolute Gasteiger partial charge is 0.497 e. The van der Waals surface area contributed by atoms with Gasteiger partial charge in [-0.1, -0.05) is 19.1 Å². The van der Waals surface area contributed by atoms with E-state index in [0.717, 1.165) is 17.7 Å². The van der Waals surface area contributed by atoms with Gasteiger partial charge in [0, 0.05) is 18.2 Å². The van der Waals surface area contributed by atoms with Crippen LogP contribution >= 0.6 is 0 Å². The van der Waals surface area contributed by atoms with Crippen LogP contribution in [0.4, 0.5) is 0 Å². The Hall–Kier alpha value is -3.61. The van der Waals surface area contributed by atoms with Gasteiger partial charge in [0.1, 0.15) is 11.5 Å². The molecule has 3 aromatic rings. The van der Waals surface area contributed by atoms with Gasteiger partial charge in [0.15, 0.2) is 6.10 Å². The Labute approximate surface area is 181 Å². The first-order valence-electron chi connectivity index (χ1n) is 10.3. The molecule has 0 aliphatic rings. The van der Waals surface area contributed by atoms with Gasteiger partial charge in [-0.25, -0.2) is 4.68 Å². The number of aryl methyl sites for hydroxylation is 1. The topological polar surface area (TPSA) is 82.4 Å². The fourth-order valence-electron chi connectivity index (χ4n) is 3.01. The molecule has 0 saturated carbocycles. The number of carbonyl (C=O) groups excluding carboxylic acids is 1. The summed E-state index contributed by atoms with van der Waals surface area (Å²) >= 11 is 0. The molecule has 7 nitrogen and oxygen atoms in total. The summed E-state index contributed by atoms with van der Waals surface area (Å²) < 4.78 is 12.2. The molecule has 0 spiro atoms. The van der Waals surface area contributed by atoms with Crippen LogP contribution in [0.25, 0.3) is 11.3 Å². The smallest absolute Gasteiger partial charge is 0.266 e. The van der Waals surface area contributed by atoms with Crippen LogP contribution in [-0.2, 0) is 17.8 Å². The van der Waals surface area contributed by atoms with E-state index >= 15 is 0 Å².